The summed E-state index contributed by atoms with van der Waals surface area (Å²) in [6.07, 6.45) is 3.72. The van der Waals surface area contributed by atoms with Crippen molar-refractivity contribution in [3.8, 4) is 11.5 Å². The Bertz CT molecular complexity index is 864. The van der Waals surface area contributed by atoms with Gasteiger partial charge < -0.3 is 14.6 Å². The highest BCUT2D eigenvalue weighted by atomic mass is 16.5. The van der Waals surface area contributed by atoms with Gasteiger partial charge in [0.15, 0.2) is 0 Å². The molecule has 3 nitrogen and oxygen atoms in total. The Kier molecular flexibility index (Phi) is 2.95. The molecule has 23 heavy (non-hydrogen) atoms. The number of nitrogens with one attached hydrogen (secondary N) is 1. The van der Waals surface area contributed by atoms with Crippen LogP contribution in [0, 0.1) is 0 Å². The zero-order chi connectivity index (χ0) is 15.2. The molecule has 0 amide bonds. The van der Waals surface area contributed by atoms with Crippen LogP contribution in [0.1, 0.15) is 30.1 Å². The summed E-state index contributed by atoms with van der Waals surface area (Å²) in [5.41, 5.74) is 4.42. The number of ether oxygens (including phenoxy) is 1. The summed E-state index contributed by atoms with van der Waals surface area (Å²) in [5.74, 6) is 1.82. The van der Waals surface area contributed by atoms with Crippen LogP contribution in [0.3, 0.4) is 0 Å². The third-order valence-electron chi connectivity index (χ3n) is 5.14. The molecule has 2 aromatic carbocycles. The maximum Gasteiger partial charge on any atom is 0.128 e. The van der Waals surface area contributed by atoms with Gasteiger partial charge in [-0.15, -0.1) is 0 Å². The van der Waals surface area contributed by atoms with Crippen molar-refractivity contribution in [2.75, 3.05) is 6.54 Å². The van der Waals surface area contributed by atoms with Gasteiger partial charge in [0, 0.05) is 35.7 Å². The highest BCUT2D eigenvalue weighted by molar-refractivity contribution is 5.87. The van der Waals surface area contributed by atoms with Gasteiger partial charge in [-0.1, -0.05) is 18.2 Å². The molecule has 0 spiro atoms. The van der Waals surface area contributed by atoms with Crippen LogP contribution in [0.2, 0.25) is 0 Å². The normalized spacial score (nSPS) is 19.6. The molecule has 1 N–H and O–H groups in total. The molecule has 0 bridgehead atoms. The number of benzene rings is 2. The molecule has 1 aromatic heterocycles. The number of hydrogen-bond donors (Lipinski definition) is 1. The summed E-state index contributed by atoms with van der Waals surface area (Å²) in [6, 6.07) is 17.1. The number of aromatic nitrogens is 1. The van der Waals surface area contributed by atoms with Crippen molar-refractivity contribution in [1.29, 1.82) is 0 Å². The second-order valence-electron chi connectivity index (χ2n) is 6.51. The summed E-state index contributed by atoms with van der Waals surface area (Å²) in [7, 11) is 0. The van der Waals surface area contributed by atoms with Crippen LogP contribution in [-0.2, 0) is 13.0 Å². The first kappa shape index (κ1) is 13.2. The number of aryl methyl sites for hydroxylation is 1. The molecule has 3 heteroatoms. The molecule has 0 fully saturated rings. The van der Waals surface area contributed by atoms with E-state index in [9.17, 15) is 0 Å². The first-order valence-corrected chi connectivity index (χ1v) is 8.51. The van der Waals surface area contributed by atoms with Gasteiger partial charge in [-0.3, -0.25) is 0 Å². The fourth-order valence-corrected chi connectivity index (χ4v) is 4.18. The third kappa shape index (κ3) is 2.07. The van der Waals surface area contributed by atoms with E-state index in [1.165, 1.54) is 41.4 Å². The first-order chi connectivity index (χ1) is 11.4. The van der Waals surface area contributed by atoms with Crippen molar-refractivity contribution in [2.24, 2.45) is 0 Å². The molecule has 1 aliphatic carbocycles. The lowest BCUT2D eigenvalue weighted by molar-refractivity contribution is 0.384. The summed E-state index contributed by atoms with van der Waals surface area (Å²) in [5, 5.41) is 5.06. The van der Waals surface area contributed by atoms with E-state index in [0.717, 1.165) is 24.6 Å². The van der Waals surface area contributed by atoms with Crippen molar-refractivity contribution in [1.82, 2.24) is 9.88 Å². The monoisotopic (exact) mass is 304 g/mol. The maximum atomic E-state index is 6.04. The number of nitrogens with zero attached hydrogens (tertiary/aromatic N) is 1. The van der Waals surface area contributed by atoms with Crippen LogP contribution >= 0.6 is 0 Å². The van der Waals surface area contributed by atoms with E-state index in [0.29, 0.717) is 6.04 Å². The second-order valence-corrected chi connectivity index (χ2v) is 6.51. The number of hydrogen-bond acceptors (Lipinski definition) is 2. The fraction of sp³-hybridized carbons (Fsp3) is 0.300. The molecule has 1 aliphatic heterocycles. The van der Waals surface area contributed by atoms with Crippen molar-refractivity contribution >= 4 is 10.9 Å². The van der Waals surface area contributed by atoms with E-state index in [1.807, 2.05) is 30.3 Å². The Balaban J connectivity index is 1.63. The van der Waals surface area contributed by atoms with Crippen molar-refractivity contribution < 1.29 is 4.74 Å². The highest BCUT2D eigenvalue weighted by Crippen LogP contribution is 2.40. The van der Waals surface area contributed by atoms with Gasteiger partial charge >= 0.3 is 0 Å². The first-order valence-electron chi connectivity index (χ1n) is 8.51. The molecule has 1 atom stereocenters. The molecule has 1 unspecified atom stereocenters. The molecular formula is C20H20N2O. The predicted molar refractivity (Wildman–Crippen MR) is 92.1 cm³/mol. The van der Waals surface area contributed by atoms with Crippen molar-refractivity contribution in [2.45, 2.75) is 31.8 Å². The average Bonchev–Trinajstić information content (AvgIpc) is 2.92. The van der Waals surface area contributed by atoms with Gasteiger partial charge in [0.1, 0.15) is 11.5 Å². The third-order valence-corrected chi connectivity index (χ3v) is 5.14. The molecule has 116 valence electrons. The van der Waals surface area contributed by atoms with Crippen LogP contribution in [-0.4, -0.2) is 11.1 Å². The number of para-hydroxylation sites is 1. The summed E-state index contributed by atoms with van der Waals surface area (Å²) in [6.45, 7) is 2.14. The molecule has 5 rings (SSSR count). The minimum Gasteiger partial charge on any atom is -0.457 e. The SMILES string of the molecule is c1ccc(Oc2ccc3c(c2)c2c4n3CCNC4CCC2)cc1. The van der Waals surface area contributed by atoms with Gasteiger partial charge in [0.05, 0.1) is 0 Å². The van der Waals surface area contributed by atoms with Gasteiger partial charge in [0.25, 0.3) is 0 Å². The van der Waals surface area contributed by atoms with Crippen molar-refractivity contribution in [3.05, 3.63) is 59.8 Å². The molecule has 3 aromatic rings. The Labute approximate surface area is 135 Å². The Hall–Kier alpha value is -2.26. The van der Waals surface area contributed by atoms with Crippen LogP contribution in [0.5, 0.6) is 11.5 Å². The summed E-state index contributed by atoms with van der Waals surface area (Å²) >= 11 is 0. The van der Waals surface area contributed by atoms with Crippen LogP contribution in [0.4, 0.5) is 0 Å². The molecule has 0 saturated heterocycles. The minimum absolute atomic E-state index is 0.540. The zero-order valence-corrected chi connectivity index (χ0v) is 13.1. The molecular weight excluding hydrogens is 284 g/mol. The topological polar surface area (TPSA) is 26.2 Å². The Morgan fingerprint density at radius 3 is 2.87 bits per heavy atom. The van der Waals surface area contributed by atoms with Gasteiger partial charge in [-0.2, -0.15) is 0 Å². The predicted octanol–water partition coefficient (Wildman–Crippen LogP) is 4.41. The van der Waals surface area contributed by atoms with Crippen molar-refractivity contribution in [3.63, 3.8) is 0 Å². The van der Waals surface area contributed by atoms with E-state index in [-0.39, 0.29) is 0 Å². The molecule has 2 aliphatic rings. The quantitative estimate of drug-likeness (QED) is 0.759. The average molecular weight is 304 g/mol. The highest BCUT2D eigenvalue weighted by Gasteiger charge is 2.29. The Morgan fingerprint density at radius 1 is 1.04 bits per heavy atom. The molecule has 0 radical (unpaired) electrons. The maximum absolute atomic E-state index is 6.04. The zero-order valence-electron chi connectivity index (χ0n) is 13.1. The summed E-state index contributed by atoms with van der Waals surface area (Å²) < 4.78 is 8.56. The minimum atomic E-state index is 0.540. The van der Waals surface area contributed by atoms with Crippen LogP contribution < -0.4 is 10.1 Å². The van der Waals surface area contributed by atoms with Crippen LogP contribution in [0.25, 0.3) is 10.9 Å². The standard InChI is InChI=1S/C20H20N2O/c1-2-5-14(6-3-1)23-15-9-10-19-17(13-15)16-7-4-8-18-20(16)22(19)12-11-21-18/h1-3,5-6,9-10,13,18,21H,4,7-8,11-12H2. The number of fused-ring (bicyclic) bond motifs is 3. The second kappa shape index (κ2) is 5.14. The van der Waals surface area contributed by atoms with E-state index in [4.69, 9.17) is 4.74 Å². The molecule has 2 heterocycles. The van der Waals surface area contributed by atoms with Gasteiger partial charge in [-0.25, -0.2) is 0 Å². The van der Waals surface area contributed by atoms with Crippen LogP contribution in [0.15, 0.2) is 48.5 Å². The lowest BCUT2D eigenvalue weighted by Crippen LogP contribution is -2.35. The summed E-state index contributed by atoms with van der Waals surface area (Å²) in [4.78, 5) is 0. The van der Waals surface area contributed by atoms with E-state index in [2.05, 4.69) is 28.1 Å². The fourth-order valence-electron chi connectivity index (χ4n) is 4.18. The van der Waals surface area contributed by atoms with E-state index < -0.39 is 0 Å². The Morgan fingerprint density at radius 2 is 1.96 bits per heavy atom. The molecule has 0 saturated carbocycles. The lowest BCUT2D eigenvalue weighted by atomic mass is 9.91. The lowest BCUT2D eigenvalue weighted by Gasteiger charge is -2.31. The number of rotatable bonds is 2. The van der Waals surface area contributed by atoms with Gasteiger partial charge in [0.2, 0.25) is 0 Å². The van der Waals surface area contributed by atoms with E-state index in [1.54, 1.807) is 0 Å². The van der Waals surface area contributed by atoms with Gasteiger partial charge in [-0.05, 0) is 55.2 Å². The smallest absolute Gasteiger partial charge is 0.128 e. The van der Waals surface area contributed by atoms with E-state index >= 15 is 0 Å². The largest absolute Gasteiger partial charge is 0.457 e.